The zero-order chi connectivity index (χ0) is 21.4. The van der Waals surface area contributed by atoms with Gasteiger partial charge >= 0.3 is 11.9 Å². The number of nitrogens with zero attached hydrogens (tertiary/aromatic N) is 3. The fourth-order valence-electron chi connectivity index (χ4n) is 2.60. The number of carbonyl (C=O) groups excluding carboxylic acids is 3. The number of Topliss-reactive ketones (excluding diaryl/α,β-unsaturated/α-hetero) is 1. The van der Waals surface area contributed by atoms with Crippen molar-refractivity contribution in [2.75, 3.05) is 20.8 Å². The van der Waals surface area contributed by atoms with Crippen molar-refractivity contribution in [1.82, 2.24) is 9.97 Å². The SMILES string of the molecule is COCC(C(=O)OC)c1ccccc1C(=NOC(C)=O)c1nccc(C(C)=O)n1. The fraction of sp³-hybridized carbons (Fsp3) is 0.300. The molecule has 0 aliphatic carbocycles. The predicted molar refractivity (Wildman–Crippen MR) is 103 cm³/mol. The molecule has 0 aliphatic heterocycles. The van der Waals surface area contributed by atoms with Crippen LogP contribution in [0.5, 0.6) is 0 Å². The van der Waals surface area contributed by atoms with Crippen molar-refractivity contribution >= 4 is 23.4 Å². The number of hydrogen-bond donors (Lipinski definition) is 0. The van der Waals surface area contributed by atoms with E-state index in [9.17, 15) is 14.4 Å². The molecule has 0 saturated heterocycles. The zero-order valence-electron chi connectivity index (χ0n) is 16.5. The summed E-state index contributed by atoms with van der Waals surface area (Å²) in [7, 11) is 2.74. The Morgan fingerprint density at radius 1 is 1.10 bits per heavy atom. The summed E-state index contributed by atoms with van der Waals surface area (Å²) in [5.74, 6) is -2.12. The molecule has 1 aromatic carbocycles. The molecule has 152 valence electrons. The lowest BCUT2D eigenvalue weighted by Crippen LogP contribution is -2.23. The second-order valence-corrected chi connectivity index (χ2v) is 5.96. The van der Waals surface area contributed by atoms with Gasteiger partial charge in [-0.3, -0.25) is 9.59 Å². The Morgan fingerprint density at radius 2 is 1.83 bits per heavy atom. The number of ether oxygens (including phenoxy) is 2. The normalized spacial score (nSPS) is 12.2. The molecule has 0 saturated carbocycles. The summed E-state index contributed by atoms with van der Waals surface area (Å²) < 4.78 is 10.1. The third kappa shape index (κ3) is 5.52. The van der Waals surface area contributed by atoms with Crippen LogP contribution in [-0.4, -0.2) is 54.2 Å². The number of benzene rings is 1. The monoisotopic (exact) mass is 399 g/mol. The van der Waals surface area contributed by atoms with Gasteiger partial charge in [-0.05, 0) is 11.6 Å². The van der Waals surface area contributed by atoms with Gasteiger partial charge in [0.1, 0.15) is 11.6 Å². The molecule has 1 aromatic heterocycles. The summed E-state index contributed by atoms with van der Waals surface area (Å²) in [6.07, 6.45) is 1.40. The van der Waals surface area contributed by atoms with Gasteiger partial charge in [0.05, 0.1) is 13.7 Å². The van der Waals surface area contributed by atoms with E-state index < -0.39 is 17.9 Å². The van der Waals surface area contributed by atoms with Gasteiger partial charge in [0.15, 0.2) is 17.3 Å². The number of ketones is 1. The van der Waals surface area contributed by atoms with Gasteiger partial charge in [-0.25, -0.2) is 14.8 Å². The van der Waals surface area contributed by atoms with E-state index in [1.807, 2.05) is 0 Å². The number of esters is 1. The first-order chi connectivity index (χ1) is 13.9. The third-order valence-electron chi connectivity index (χ3n) is 3.90. The predicted octanol–water partition coefficient (Wildman–Crippen LogP) is 1.90. The van der Waals surface area contributed by atoms with E-state index in [1.54, 1.807) is 24.3 Å². The Kier molecular flexibility index (Phi) is 7.67. The molecule has 29 heavy (non-hydrogen) atoms. The lowest BCUT2D eigenvalue weighted by atomic mass is 9.92. The smallest absolute Gasteiger partial charge is 0.332 e. The Hall–Kier alpha value is -3.46. The average molecular weight is 399 g/mol. The van der Waals surface area contributed by atoms with Gasteiger partial charge in [0.25, 0.3) is 0 Å². The highest BCUT2D eigenvalue weighted by molar-refractivity contribution is 6.12. The summed E-state index contributed by atoms with van der Waals surface area (Å²) in [5.41, 5.74) is 1.21. The molecule has 0 bridgehead atoms. The van der Waals surface area contributed by atoms with E-state index in [2.05, 4.69) is 15.1 Å². The zero-order valence-corrected chi connectivity index (χ0v) is 16.5. The largest absolute Gasteiger partial charge is 0.468 e. The van der Waals surface area contributed by atoms with Crippen LogP contribution in [0.4, 0.5) is 0 Å². The summed E-state index contributed by atoms with van der Waals surface area (Å²) in [6.45, 7) is 2.62. The topological polar surface area (TPSA) is 117 Å². The van der Waals surface area contributed by atoms with Crippen LogP contribution >= 0.6 is 0 Å². The van der Waals surface area contributed by atoms with Gasteiger partial charge in [-0.15, -0.1) is 0 Å². The van der Waals surface area contributed by atoms with Crippen molar-refractivity contribution in [2.24, 2.45) is 5.16 Å². The van der Waals surface area contributed by atoms with Crippen LogP contribution in [0.15, 0.2) is 41.7 Å². The van der Waals surface area contributed by atoms with Crippen LogP contribution in [0.3, 0.4) is 0 Å². The number of methoxy groups -OCH3 is 2. The van der Waals surface area contributed by atoms with Crippen molar-refractivity contribution in [3.05, 3.63) is 59.2 Å². The Labute approximate surface area is 167 Å². The minimum atomic E-state index is -0.764. The van der Waals surface area contributed by atoms with Gasteiger partial charge in [0.2, 0.25) is 0 Å². The molecule has 0 fully saturated rings. The molecule has 1 heterocycles. The number of carbonyl (C=O) groups is 3. The average Bonchev–Trinajstić information content (AvgIpc) is 2.72. The number of aromatic nitrogens is 2. The molecule has 1 atom stereocenters. The molecule has 2 aromatic rings. The molecule has 0 amide bonds. The van der Waals surface area contributed by atoms with Crippen LogP contribution in [-0.2, 0) is 23.9 Å². The van der Waals surface area contributed by atoms with Crippen molar-refractivity contribution in [1.29, 1.82) is 0 Å². The maximum absolute atomic E-state index is 12.3. The summed E-state index contributed by atoms with van der Waals surface area (Å²) in [5, 5.41) is 3.89. The minimum absolute atomic E-state index is 0.0544. The highest BCUT2D eigenvalue weighted by atomic mass is 16.7. The van der Waals surface area contributed by atoms with Gasteiger partial charge in [-0.1, -0.05) is 29.4 Å². The highest BCUT2D eigenvalue weighted by Crippen LogP contribution is 2.24. The van der Waals surface area contributed by atoms with Crippen LogP contribution in [0.1, 0.15) is 47.2 Å². The van der Waals surface area contributed by atoms with Gasteiger partial charge < -0.3 is 14.3 Å². The molecule has 0 N–H and O–H groups in total. The van der Waals surface area contributed by atoms with Crippen molar-refractivity contribution in [2.45, 2.75) is 19.8 Å². The van der Waals surface area contributed by atoms with E-state index >= 15 is 0 Å². The number of hydrogen-bond acceptors (Lipinski definition) is 9. The quantitative estimate of drug-likeness (QED) is 0.217. The molecule has 0 spiro atoms. The summed E-state index contributed by atoms with van der Waals surface area (Å²) in [4.78, 5) is 48.6. The van der Waals surface area contributed by atoms with Crippen molar-refractivity contribution < 1.29 is 28.7 Å². The molecular formula is C20H21N3O6. The molecule has 9 heteroatoms. The Bertz CT molecular complexity index is 941. The Balaban J connectivity index is 2.68. The second kappa shape index (κ2) is 10.2. The molecule has 1 unspecified atom stereocenters. The van der Waals surface area contributed by atoms with Crippen LogP contribution in [0.25, 0.3) is 0 Å². The molecule has 9 nitrogen and oxygen atoms in total. The minimum Gasteiger partial charge on any atom is -0.468 e. The summed E-state index contributed by atoms with van der Waals surface area (Å²) >= 11 is 0. The maximum Gasteiger partial charge on any atom is 0.332 e. The number of rotatable bonds is 8. The molecule has 2 rings (SSSR count). The first-order valence-corrected chi connectivity index (χ1v) is 8.65. The fourth-order valence-corrected chi connectivity index (χ4v) is 2.60. The van der Waals surface area contributed by atoms with Crippen molar-refractivity contribution in [3.8, 4) is 0 Å². The molecule has 0 aliphatic rings. The van der Waals surface area contributed by atoms with E-state index in [1.165, 1.54) is 40.3 Å². The van der Waals surface area contributed by atoms with Crippen LogP contribution < -0.4 is 0 Å². The van der Waals surface area contributed by atoms with E-state index in [-0.39, 0.29) is 29.6 Å². The maximum atomic E-state index is 12.3. The van der Waals surface area contributed by atoms with Crippen molar-refractivity contribution in [3.63, 3.8) is 0 Å². The van der Waals surface area contributed by atoms with Gasteiger partial charge in [-0.2, -0.15) is 0 Å². The van der Waals surface area contributed by atoms with E-state index in [4.69, 9.17) is 14.3 Å². The lowest BCUT2D eigenvalue weighted by molar-refractivity contribution is -0.144. The lowest BCUT2D eigenvalue weighted by Gasteiger charge is -2.18. The number of oxime groups is 1. The van der Waals surface area contributed by atoms with Crippen LogP contribution in [0, 0.1) is 0 Å². The third-order valence-corrected chi connectivity index (χ3v) is 3.90. The van der Waals surface area contributed by atoms with E-state index in [0.717, 1.165) is 0 Å². The first-order valence-electron chi connectivity index (χ1n) is 8.65. The van der Waals surface area contributed by atoms with Crippen LogP contribution in [0.2, 0.25) is 0 Å². The molecular weight excluding hydrogens is 378 g/mol. The highest BCUT2D eigenvalue weighted by Gasteiger charge is 2.27. The standard InChI is InChI=1S/C20H21N3O6/c1-12(24)17-9-10-21-19(22-17)18(23-29-13(2)25)15-8-6-5-7-14(15)16(11-27-3)20(26)28-4/h5-10,16H,11H2,1-4H3. The summed E-state index contributed by atoms with van der Waals surface area (Å²) in [6, 6.07) is 8.29. The first kappa shape index (κ1) is 21.8. The van der Waals surface area contributed by atoms with E-state index in [0.29, 0.717) is 11.1 Å². The second-order valence-electron chi connectivity index (χ2n) is 5.96. The van der Waals surface area contributed by atoms with Gasteiger partial charge in [0, 0.05) is 32.7 Å². The molecule has 0 radical (unpaired) electrons. The Morgan fingerprint density at radius 3 is 2.45 bits per heavy atom.